The van der Waals surface area contributed by atoms with Crippen molar-refractivity contribution < 1.29 is 66.6 Å². The molecule has 8 aliphatic rings. The van der Waals surface area contributed by atoms with Crippen LogP contribution >= 0.6 is 0 Å². The fourth-order valence-electron chi connectivity index (χ4n) is 13.1. The third-order valence-corrected chi connectivity index (χ3v) is 28.1. The predicted octanol–water partition coefficient (Wildman–Crippen LogP) is 7.84. The molecule has 20 heteroatoms. The number of aliphatic hydroxyl groups excluding tert-OH is 1. The third kappa shape index (κ3) is 8.35. The molecule has 8 rings (SSSR count). The van der Waals surface area contributed by atoms with Crippen LogP contribution < -0.4 is 10.6 Å². The van der Waals surface area contributed by atoms with Gasteiger partial charge in [-0.15, -0.1) is 0 Å². The number of hydrogen-bond acceptors (Lipinski definition) is 16. The van der Waals surface area contributed by atoms with Crippen molar-refractivity contribution in [3.05, 3.63) is 0 Å². The maximum absolute atomic E-state index is 14.5. The second-order valence-electron chi connectivity index (χ2n) is 26.2. The number of alkyl carbamates (subject to hydrolysis) is 2. The molecule has 0 aromatic rings. The van der Waals surface area contributed by atoms with Crippen LogP contribution in [0, 0.1) is 22.7 Å². The molecule has 11 unspecified atom stereocenters. The first-order valence-corrected chi connectivity index (χ1v) is 30.7. The van der Waals surface area contributed by atoms with Crippen LogP contribution in [0.25, 0.3) is 0 Å². The molecular formula is C50H86N4O14Si2. The van der Waals surface area contributed by atoms with Gasteiger partial charge in [-0.05, 0) is 101 Å². The molecule has 7 fully saturated rings. The van der Waals surface area contributed by atoms with Crippen molar-refractivity contribution in [3.63, 3.8) is 0 Å². The Morgan fingerprint density at radius 2 is 1.41 bits per heavy atom. The van der Waals surface area contributed by atoms with Crippen molar-refractivity contribution in [2.75, 3.05) is 6.61 Å². The number of aliphatic hydroxyl groups is 2. The summed E-state index contributed by atoms with van der Waals surface area (Å²) in [5.41, 5.74) is -6.34. The molecule has 0 spiro atoms. The normalized spacial score (nSPS) is 37.9. The molecule has 18 nitrogen and oxygen atoms in total. The Bertz CT molecular complexity index is 2080. The molecule has 398 valence electrons. The summed E-state index contributed by atoms with van der Waals surface area (Å²) in [6, 6.07) is -1.60. The summed E-state index contributed by atoms with van der Waals surface area (Å²) in [5.74, 6) is -4.50. The zero-order chi connectivity index (χ0) is 52.7. The van der Waals surface area contributed by atoms with E-state index >= 15 is 0 Å². The fourth-order valence-corrected chi connectivity index (χ4v) is 19.8. The molecule has 14 atom stereocenters. The predicted molar refractivity (Wildman–Crippen MR) is 266 cm³/mol. The topological polar surface area (TPSA) is 224 Å². The van der Waals surface area contributed by atoms with E-state index in [4.69, 9.17) is 52.0 Å². The lowest BCUT2D eigenvalue weighted by atomic mass is 9.55. The van der Waals surface area contributed by atoms with Crippen LogP contribution in [-0.4, -0.2) is 141 Å². The number of ether oxygens (including phenoxy) is 7. The highest BCUT2D eigenvalue weighted by molar-refractivity contribution is 6.77. The lowest BCUT2D eigenvalue weighted by Gasteiger charge is -2.71. The molecule has 0 aromatic carbocycles. The first kappa shape index (κ1) is 55.2. The summed E-state index contributed by atoms with van der Waals surface area (Å²) in [6.07, 6.45) is -9.87. The molecule has 2 amide bonds. The average Bonchev–Trinajstić information content (AvgIpc) is 3.64. The number of fused-ring (bicyclic) bond motifs is 5. The van der Waals surface area contributed by atoms with Crippen molar-refractivity contribution in [3.8, 4) is 0 Å². The summed E-state index contributed by atoms with van der Waals surface area (Å²) in [4.78, 5) is 52.8. The SMILES string of the molecule is CCOC1OC2C3(O[Si](C(C)C)(C(C)C)C(C)C)OC4C(O[Si](C)(C)C(C)(C)C)C2(N=C(NC(=O)OC(C)(C)C)NC(=O)OC(C)(C)C)C1C(O3)C4(O)[C@H](O)[C@H]1N=C2[C@H](OC1=O)C1CCC2(C)C1(C)C. The highest BCUT2D eigenvalue weighted by Crippen LogP contribution is 2.70. The van der Waals surface area contributed by atoms with Gasteiger partial charge < -0.3 is 52.2 Å². The van der Waals surface area contributed by atoms with Crippen molar-refractivity contribution >= 4 is 46.5 Å². The van der Waals surface area contributed by atoms with Crippen LogP contribution in [-0.2, 0) is 46.8 Å². The van der Waals surface area contributed by atoms with Gasteiger partial charge in [0.05, 0.1) is 11.6 Å². The Balaban J connectivity index is 1.53. The number of carbonyl (C=O) groups excluding carboxylic acids is 3. The smallest absolute Gasteiger partial charge is 0.414 e. The molecule has 4 N–H and O–H groups in total. The van der Waals surface area contributed by atoms with Crippen molar-refractivity contribution in [1.29, 1.82) is 0 Å². The van der Waals surface area contributed by atoms with E-state index in [1.807, 2.05) is 13.1 Å². The molecule has 70 heavy (non-hydrogen) atoms. The first-order chi connectivity index (χ1) is 31.8. The van der Waals surface area contributed by atoms with Crippen molar-refractivity contribution in [1.82, 2.24) is 10.6 Å². The third-order valence-electron chi connectivity index (χ3n) is 17.6. The van der Waals surface area contributed by atoms with Crippen molar-refractivity contribution in [2.24, 2.45) is 32.7 Å². The van der Waals surface area contributed by atoms with Crippen molar-refractivity contribution in [2.45, 2.75) is 256 Å². The number of nitrogens with zero attached hydrogens (tertiary/aromatic N) is 2. The zero-order valence-corrected chi connectivity index (χ0v) is 47.8. The summed E-state index contributed by atoms with van der Waals surface area (Å²) < 4.78 is 61.1. The molecular weight excluding hydrogens is 937 g/mol. The Morgan fingerprint density at radius 1 is 0.886 bits per heavy atom. The minimum Gasteiger partial charge on any atom is -0.454 e. The van der Waals surface area contributed by atoms with Crippen LogP contribution in [0.2, 0.25) is 34.8 Å². The van der Waals surface area contributed by atoms with Crippen LogP contribution in [0.1, 0.15) is 144 Å². The number of aliphatic imine (C=N–C) groups is 2. The number of carbonyl (C=O) groups is 3. The Kier molecular flexibility index (Phi) is 13.8. The summed E-state index contributed by atoms with van der Waals surface area (Å²) >= 11 is 0. The highest BCUT2D eigenvalue weighted by Gasteiger charge is 2.90. The van der Waals surface area contributed by atoms with E-state index in [1.54, 1.807) is 48.5 Å². The van der Waals surface area contributed by atoms with Gasteiger partial charge in [-0.25, -0.2) is 19.4 Å². The quantitative estimate of drug-likeness (QED) is 0.0481. The van der Waals surface area contributed by atoms with E-state index in [9.17, 15) is 24.6 Å². The van der Waals surface area contributed by atoms with Gasteiger partial charge >= 0.3 is 24.1 Å². The number of hydrogen-bond donors (Lipinski definition) is 4. The van der Waals surface area contributed by atoms with E-state index in [-0.39, 0.29) is 40.5 Å². The van der Waals surface area contributed by atoms with Gasteiger partial charge in [0.25, 0.3) is 0 Å². The summed E-state index contributed by atoms with van der Waals surface area (Å²) in [7, 11) is -6.15. The molecule has 5 aliphatic heterocycles. The van der Waals surface area contributed by atoms with Crippen LogP contribution in [0.5, 0.6) is 0 Å². The van der Waals surface area contributed by atoms with Crippen LogP contribution in [0.4, 0.5) is 9.59 Å². The standard InChI is InChI=1S/C50H86N4O14Si2/c1-22-60-38-29-34-49(59,33(55)30-37(56)61-31-28-23-24-47(19,32(31)51-30)46(28,17)18)36-35(67-69(20,21)45(14,15)16)48(29,54-40(52-41(57)65-43(8,9)10)53-42(58)66-44(11,12)13)39(62-38)50(63-34,64-36)68-70(25(2)3,26(4)5)27(6)7/h25-31,33-36,38-39,55,59H,22-24H2,1-21H3,(H2,52,53,54,57,58)/t28?,29?,30-,31-,33-,34?,35?,36?,38?,39?,47?,48?,49?,50?/m1/s1. The largest absolute Gasteiger partial charge is 0.454 e. The van der Waals surface area contributed by atoms with E-state index in [1.165, 1.54) is 0 Å². The number of guanidine groups is 1. The Labute approximate surface area is 418 Å². The van der Waals surface area contributed by atoms with E-state index < -0.39 is 128 Å². The molecule has 0 aromatic heterocycles. The second-order valence-corrected chi connectivity index (χ2v) is 36.3. The number of amides is 2. The number of esters is 1. The van der Waals surface area contributed by atoms with Gasteiger partial charge in [0, 0.05) is 17.9 Å². The average molecular weight is 1020 g/mol. The zero-order valence-electron chi connectivity index (χ0n) is 45.8. The van der Waals surface area contributed by atoms with Gasteiger partial charge in [-0.1, -0.05) is 83.1 Å². The maximum atomic E-state index is 14.5. The molecule has 4 saturated heterocycles. The fraction of sp³-hybridized carbons (Fsp3) is 0.900. The minimum atomic E-state index is -3.10. The number of nitrogens with one attached hydrogen (secondary N) is 2. The van der Waals surface area contributed by atoms with E-state index in [0.717, 1.165) is 12.8 Å². The summed E-state index contributed by atoms with van der Waals surface area (Å²) in [6.45, 7) is 41.5. The van der Waals surface area contributed by atoms with E-state index in [2.05, 4.69) is 93.7 Å². The lowest BCUT2D eigenvalue weighted by Crippen LogP contribution is -2.92. The van der Waals surface area contributed by atoms with Crippen LogP contribution in [0.15, 0.2) is 9.98 Å². The van der Waals surface area contributed by atoms with Gasteiger partial charge in [0.2, 0.25) is 14.3 Å². The molecule has 3 aliphatic carbocycles. The minimum absolute atomic E-state index is 0.0258. The maximum Gasteiger partial charge on any atom is 0.414 e. The van der Waals surface area contributed by atoms with Crippen LogP contribution in [0.3, 0.4) is 0 Å². The van der Waals surface area contributed by atoms with Gasteiger partial charge in [0.15, 0.2) is 26.8 Å². The first-order valence-electron chi connectivity index (χ1n) is 25.6. The Hall–Kier alpha value is -2.54. The molecule has 8 bridgehead atoms. The highest BCUT2D eigenvalue weighted by atomic mass is 28.4. The lowest BCUT2D eigenvalue weighted by molar-refractivity contribution is -0.524. The van der Waals surface area contributed by atoms with E-state index in [0.29, 0.717) is 5.71 Å². The Morgan fingerprint density at radius 3 is 1.90 bits per heavy atom. The van der Waals surface area contributed by atoms with Gasteiger partial charge in [-0.3, -0.25) is 15.6 Å². The molecule has 5 heterocycles. The number of rotatable bonds is 12. The van der Waals surface area contributed by atoms with Gasteiger partial charge in [-0.2, -0.15) is 0 Å². The second kappa shape index (κ2) is 17.5. The summed E-state index contributed by atoms with van der Waals surface area (Å²) in [5, 5.41) is 32.2. The van der Waals surface area contributed by atoms with Gasteiger partial charge in [0.1, 0.15) is 52.9 Å². The molecule has 3 saturated carbocycles. The molecule has 0 radical (unpaired) electrons. The monoisotopic (exact) mass is 1020 g/mol.